The quantitative estimate of drug-likeness (QED) is 0.780. The van der Waals surface area contributed by atoms with Crippen LogP contribution in [0.5, 0.6) is 11.5 Å². The average molecular weight is 405 g/mol. The number of alkyl halides is 3. The molecule has 1 N–H and O–H groups in total. The maximum atomic E-state index is 13.0. The van der Waals surface area contributed by atoms with Gasteiger partial charge in [-0.1, -0.05) is 6.07 Å². The van der Waals surface area contributed by atoms with E-state index in [0.717, 1.165) is 0 Å². The topological polar surface area (TPSA) is 33.7 Å². The summed E-state index contributed by atoms with van der Waals surface area (Å²) >= 11 is 0. The predicted molar refractivity (Wildman–Crippen MR) is 96.5 cm³/mol. The number of nitrogens with zero attached hydrogens (tertiary/aromatic N) is 1. The first-order valence-electron chi connectivity index (χ1n) is 7.77. The maximum Gasteiger partial charge on any atom is 0.390 e. The highest BCUT2D eigenvalue weighted by Gasteiger charge is 2.36. The number of hydrogen-bond donors (Lipinski definition) is 1. The highest BCUT2D eigenvalue weighted by molar-refractivity contribution is 5.85. The molecule has 1 fully saturated rings. The van der Waals surface area contributed by atoms with Crippen molar-refractivity contribution in [1.82, 2.24) is 10.2 Å². The van der Waals surface area contributed by atoms with Gasteiger partial charge in [-0.25, -0.2) is 0 Å². The molecule has 0 aromatic heterocycles. The minimum absolute atomic E-state index is 0. The van der Waals surface area contributed by atoms with E-state index < -0.39 is 18.6 Å². The first kappa shape index (κ1) is 24.1. The number of halogens is 5. The molecule has 0 spiro atoms. The van der Waals surface area contributed by atoms with Gasteiger partial charge in [-0.3, -0.25) is 4.90 Å². The number of ether oxygens (including phenoxy) is 2. The second-order valence-corrected chi connectivity index (χ2v) is 5.46. The molecule has 0 saturated carbocycles. The second kappa shape index (κ2) is 11.0. The third-order valence-electron chi connectivity index (χ3n) is 3.89. The van der Waals surface area contributed by atoms with Gasteiger partial charge in [0.05, 0.1) is 20.1 Å². The van der Waals surface area contributed by atoms with E-state index in [9.17, 15) is 13.2 Å². The van der Waals surface area contributed by atoms with Crippen LogP contribution in [0.2, 0.25) is 0 Å². The third kappa shape index (κ3) is 7.09. The summed E-state index contributed by atoms with van der Waals surface area (Å²) in [4.78, 5) is 1.88. The minimum Gasteiger partial charge on any atom is -0.493 e. The Bertz CT molecular complexity index is 513. The van der Waals surface area contributed by atoms with Crippen LogP contribution in [-0.2, 0) is 0 Å². The molecule has 4 nitrogen and oxygen atoms in total. The second-order valence-electron chi connectivity index (χ2n) is 5.46. The van der Waals surface area contributed by atoms with Gasteiger partial charge in [-0.05, 0) is 24.6 Å². The number of benzene rings is 1. The standard InChI is InChI=1S/C16H23F3N2O2.2ClH/c1-3-23-15-10-12(4-5-14(15)22-2)13(11-16(17,18)19)21-8-6-20-7-9-21;;/h4-5,10,13,20H,3,6-9,11H2,1-2H3;2*1H/t13-;;/m1../s1. The zero-order chi connectivity index (χ0) is 16.9. The van der Waals surface area contributed by atoms with Crippen LogP contribution in [0, 0.1) is 0 Å². The molecule has 0 bridgehead atoms. The van der Waals surface area contributed by atoms with Crippen molar-refractivity contribution in [3.8, 4) is 11.5 Å². The molecule has 0 radical (unpaired) electrons. The Morgan fingerprint density at radius 2 is 1.80 bits per heavy atom. The molecule has 0 amide bonds. The Kier molecular flexibility index (Phi) is 10.6. The van der Waals surface area contributed by atoms with Gasteiger partial charge in [0, 0.05) is 32.2 Å². The molecule has 1 heterocycles. The molecule has 1 aliphatic rings. The molecular weight excluding hydrogens is 380 g/mol. The summed E-state index contributed by atoms with van der Waals surface area (Å²) in [5.41, 5.74) is 0.605. The van der Waals surface area contributed by atoms with Crippen LogP contribution >= 0.6 is 24.8 Å². The molecule has 1 aliphatic heterocycles. The van der Waals surface area contributed by atoms with Gasteiger partial charge in [0.15, 0.2) is 11.5 Å². The summed E-state index contributed by atoms with van der Waals surface area (Å²) in [6.07, 6.45) is -5.09. The summed E-state index contributed by atoms with van der Waals surface area (Å²) in [7, 11) is 1.51. The summed E-state index contributed by atoms with van der Waals surface area (Å²) in [6.45, 7) is 4.84. The van der Waals surface area contributed by atoms with Gasteiger partial charge in [-0.2, -0.15) is 13.2 Å². The van der Waals surface area contributed by atoms with Crippen molar-refractivity contribution in [3.63, 3.8) is 0 Å². The molecule has 25 heavy (non-hydrogen) atoms. The molecular formula is C16H25Cl2F3N2O2. The Hall–Kier alpha value is -0.890. The molecule has 0 aliphatic carbocycles. The zero-order valence-electron chi connectivity index (χ0n) is 14.3. The number of hydrogen-bond acceptors (Lipinski definition) is 4. The van der Waals surface area contributed by atoms with Crippen LogP contribution in [0.1, 0.15) is 24.9 Å². The van der Waals surface area contributed by atoms with Gasteiger partial charge in [0.2, 0.25) is 0 Å². The van der Waals surface area contributed by atoms with Gasteiger partial charge in [0.25, 0.3) is 0 Å². The molecule has 9 heteroatoms. The van der Waals surface area contributed by atoms with Crippen LogP contribution in [0.25, 0.3) is 0 Å². The number of methoxy groups -OCH3 is 1. The fourth-order valence-corrected chi connectivity index (χ4v) is 2.84. The average Bonchev–Trinajstić information content (AvgIpc) is 2.53. The Morgan fingerprint density at radius 1 is 1.16 bits per heavy atom. The highest BCUT2D eigenvalue weighted by Crippen LogP contribution is 2.37. The van der Waals surface area contributed by atoms with Gasteiger partial charge in [-0.15, -0.1) is 24.8 Å². The van der Waals surface area contributed by atoms with Gasteiger partial charge < -0.3 is 14.8 Å². The van der Waals surface area contributed by atoms with E-state index in [0.29, 0.717) is 49.8 Å². The van der Waals surface area contributed by atoms with Crippen molar-refractivity contribution < 1.29 is 22.6 Å². The molecule has 146 valence electrons. The lowest BCUT2D eigenvalue weighted by molar-refractivity contribution is -0.148. The number of rotatable bonds is 6. The fourth-order valence-electron chi connectivity index (χ4n) is 2.84. The molecule has 1 aromatic carbocycles. The van der Waals surface area contributed by atoms with Crippen LogP contribution in [0.15, 0.2) is 18.2 Å². The molecule has 2 rings (SSSR count). The van der Waals surface area contributed by atoms with Gasteiger partial charge >= 0.3 is 6.18 Å². The lowest BCUT2D eigenvalue weighted by Gasteiger charge is -2.35. The Morgan fingerprint density at radius 3 is 2.32 bits per heavy atom. The lowest BCUT2D eigenvalue weighted by Crippen LogP contribution is -2.46. The smallest absolute Gasteiger partial charge is 0.390 e. The number of piperazine rings is 1. The van der Waals surface area contributed by atoms with Crippen molar-refractivity contribution >= 4 is 24.8 Å². The summed E-state index contributed by atoms with van der Waals surface area (Å²) < 4.78 is 49.8. The van der Waals surface area contributed by atoms with Gasteiger partial charge in [0.1, 0.15) is 0 Å². The number of nitrogens with one attached hydrogen (secondary N) is 1. The van der Waals surface area contributed by atoms with Crippen molar-refractivity contribution in [2.24, 2.45) is 0 Å². The Balaban J connectivity index is 0.00000288. The van der Waals surface area contributed by atoms with Crippen molar-refractivity contribution in [3.05, 3.63) is 23.8 Å². The SMILES string of the molecule is CCOc1cc([C@@H](CC(F)(F)F)N2CCNCC2)ccc1OC.Cl.Cl. The fraction of sp³-hybridized carbons (Fsp3) is 0.625. The van der Waals surface area contributed by atoms with Crippen molar-refractivity contribution in [1.29, 1.82) is 0 Å². The molecule has 1 atom stereocenters. The van der Waals surface area contributed by atoms with E-state index in [1.807, 2.05) is 11.8 Å². The van der Waals surface area contributed by atoms with Crippen LogP contribution in [0.4, 0.5) is 13.2 Å². The monoisotopic (exact) mass is 404 g/mol. The van der Waals surface area contributed by atoms with Crippen molar-refractivity contribution in [2.75, 3.05) is 39.9 Å². The van der Waals surface area contributed by atoms with E-state index in [1.54, 1.807) is 18.2 Å². The highest BCUT2D eigenvalue weighted by atomic mass is 35.5. The minimum atomic E-state index is -4.22. The molecule has 0 unspecified atom stereocenters. The van der Waals surface area contributed by atoms with E-state index >= 15 is 0 Å². The van der Waals surface area contributed by atoms with E-state index in [2.05, 4.69) is 5.32 Å². The Labute approximate surface area is 158 Å². The third-order valence-corrected chi connectivity index (χ3v) is 3.89. The first-order chi connectivity index (χ1) is 10.9. The molecule has 1 saturated heterocycles. The normalized spacial score (nSPS) is 16.4. The van der Waals surface area contributed by atoms with E-state index in [4.69, 9.17) is 9.47 Å². The van der Waals surface area contributed by atoms with Crippen LogP contribution in [0.3, 0.4) is 0 Å². The largest absolute Gasteiger partial charge is 0.493 e. The van der Waals surface area contributed by atoms with Crippen LogP contribution in [-0.4, -0.2) is 51.0 Å². The van der Waals surface area contributed by atoms with Crippen molar-refractivity contribution in [2.45, 2.75) is 25.6 Å². The van der Waals surface area contributed by atoms with E-state index in [1.165, 1.54) is 7.11 Å². The maximum absolute atomic E-state index is 13.0. The summed E-state index contributed by atoms with van der Waals surface area (Å²) in [5.74, 6) is 1.01. The predicted octanol–water partition coefficient (Wildman–Crippen LogP) is 3.84. The molecule has 1 aromatic rings. The first-order valence-corrected chi connectivity index (χ1v) is 7.77. The summed E-state index contributed by atoms with van der Waals surface area (Å²) in [5, 5.41) is 3.17. The van der Waals surface area contributed by atoms with Crippen LogP contribution < -0.4 is 14.8 Å². The lowest BCUT2D eigenvalue weighted by atomic mass is 10.00. The zero-order valence-corrected chi connectivity index (χ0v) is 15.9. The van der Waals surface area contributed by atoms with E-state index in [-0.39, 0.29) is 24.8 Å². The summed E-state index contributed by atoms with van der Waals surface area (Å²) in [6, 6.07) is 4.33.